The molecule has 0 spiro atoms. The highest BCUT2D eigenvalue weighted by Crippen LogP contribution is 2.48. The van der Waals surface area contributed by atoms with E-state index >= 15 is 0 Å². The summed E-state index contributed by atoms with van der Waals surface area (Å²) in [7, 11) is 0. The van der Waals surface area contributed by atoms with Crippen molar-refractivity contribution in [3.63, 3.8) is 0 Å². The number of nitrogens with zero attached hydrogens (tertiary/aromatic N) is 12. The van der Waals surface area contributed by atoms with E-state index in [-0.39, 0.29) is 0 Å². The first-order valence-electron chi connectivity index (χ1n) is 48.6. The summed E-state index contributed by atoms with van der Waals surface area (Å²) in [6, 6.07) is 13.6. The molecule has 0 aliphatic rings. The van der Waals surface area contributed by atoms with Gasteiger partial charge in [0.25, 0.3) is 0 Å². The Bertz CT molecular complexity index is 3500. The minimum Gasteiger partial charge on any atom is -0.490 e. The van der Waals surface area contributed by atoms with Crippen LogP contribution in [0.3, 0.4) is 0 Å². The summed E-state index contributed by atoms with van der Waals surface area (Å²) in [5.41, 5.74) is 5.01. The fraction of sp³-hybridized carbons (Fsp3) is 0.688. The second kappa shape index (κ2) is 65.6. The average molecular weight is 1750 g/mol. The van der Waals surface area contributed by atoms with E-state index in [0.717, 1.165) is 333 Å². The summed E-state index contributed by atoms with van der Waals surface area (Å²) >= 11 is 0. The molecule has 0 aliphatic heterocycles. The lowest BCUT2D eigenvalue weighted by Crippen LogP contribution is -2.05. The maximum absolute atomic E-state index is 7.04. The minimum absolute atomic E-state index is 0.495. The molecule has 6 N–H and O–H groups in total. The van der Waals surface area contributed by atoms with Gasteiger partial charge in [0, 0.05) is 39.6 Å². The number of hydrogen-bond donors (Lipinski definition) is 6. The van der Waals surface area contributed by atoms with Gasteiger partial charge < -0.3 is 56.8 Å². The number of unbranched alkanes of at least 4 members (excludes halogenated alkanes) is 42. The highest BCUT2D eigenvalue weighted by Gasteiger charge is 2.22. The standard InChI is InChI=1S/C96H150N18O12/c1(13-25-37-49-115-73-79-67-97-109-103-79)7-19-31-43-55-121-91-61-85-86(62-92(91)122-56-44-32-20-8-2-14-26-38-50-116-74-80-68-98-110-104-80)88-64-94(124-58-46-34-22-10-4-16-28-40-52-118-76-82-70-100-112-106-82)96(126-60-48-36-24-12-6-18-30-42-54-120-78-84-72-102-114-108-84)66-90(88)89-65-95(125-59-47-35-23-11-5-17-29-41-53-119-77-83-71-101-113-107-83)93(63-87(85)89)123-57-45-33-21-9-3-15-27-39-51-117-75-81-69-99-111-105-81/h61-72H,1-60,73-78H2,(H,97,103,109)(H,98,104,110)(H,99,105,111)(H,100,106,112)(H,101,107,113)(H,102,108,114). The number of ether oxygens (including phenoxy) is 12. The molecule has 30 nitrogen and oxygen atoms in total. The van der Waals surface area contributed by atoms with Crippen molar-refractivity contribution in [3.05, 3.63) is 108 Å². The lowest BCUT2D eigenvalue weighted by Gasteiger charge is -2.21. The molecule has 6 heterocycles. The molecule has 0 radical (unpaired) electrons. The monoisotopic (exact) mass is 1750 g/mol. The Labute approximate surface area is 747 Å². The summed E-state index contributed by atoms with van der Waals surface area (Å²) in [5, 5.41) is 70.3. The molecule has 0 amide bonds. The van der Waals surface area contributed by atoms with Crippen molar-refractivity contribution >= 4 is 32.3 Å². The second-order valence-electron chi connectivity index (χ2n) is 33.7. The van der Waals surface area contributed by atoms with Crippen molar-refractivity contribution in [1.82, 2.24) is 92.5 Å². The molecule has 0 bridgehead atoms. The molecular weight excluding hydrogens is 1600 g/mol. The quantitative estimate of drug-likeness (QED) is 0.0152. The number of rotatable bonds is 84. The topological polar surface area (TPSA) is 360 Å². The molecule has 4 aromatic carbocycles. The molecule has 30 heteroatoms. The van der Waals surface area contributed by atoms with Gasteiger partial charge in [0.2, 0.25) is 0 Å². The molecule has 0 saturated heterocycles. The third kappa shape index (κ3) is 41.9. The Morgan fingerprint density at radius 1 is 0.151 bits per heavy atom. The van der Waals surface area contributed by atoms with Gasteiger partial charge in [0.1, 0.15) is 34.2 Å². The number of nitrogens with one attached hydrogen (secondary N) is 6. The molecule has 0 atom stereocenters. The van der Waals surface area contributed by atoms with Crippen molar-refractivity contribution in [2.24, 2.45) is 0 Å². The van der Waals surface area contributed by atoms with E-state index in [1.165, 1.54) is 116 Å². The van der Waals surface area contributed by atoms with Crippen LogP contribution in [0.5, 0.6) is 34.5 Å². The van der Waals surface area contributed by atoms with Crippen LogP contribution in [0, 0.1) is 0 Å². The first kappa shape index (κ1) is 99.2. The molecule has 10 aromatic rings. The molecule has 6 aromatic heterocycles. The largest absolute Gasteiger partial charge is 0.490 e. The Morgan fingerprint density at radius 2 is 0.270 bits per heavy atom. The summed E-state index contributed by atoms with van der Waals surface area (Å²) in [6.45, 7) is 10.9. The van der Waals surface area contributed by atoms with Gasteiger partial charge in [-0.15, -0.1) is 0 Å². The van der Waals surface area contributed by atoms with E-state index in [1.54, 1.807) is 37.2 Å². The molecule has 0 aliphatic carbocycles. The van der Waals surface area contributed by atoms with Crippen LogP contribution in [-0.4, -0.2) is 172 Å². The van der Waals surface area contributed by atoms with Crippen LogP contribution in [0.1, 0.15) is 342 Å². The van der Waals surface area contributed by atoms with Gasteiger partial charge in [-0.1, -0.05) is 231 Å². The molecular formula is C96H150N18O12. The van der Waals surface area contributed by atoms with E-state index in [2.05, 4.69) is 129 Å². The van der Waals surface area contributed by atoms with Gasteiger partial charge in [0.15, 0.2) is 34.5 Å². The zero-order valence-corrected chi connectivity index (χ0v) is 75.9. The summed E-state index contributed by atoms with van der Waals surface area (Å²) < 4.78 is 77.3. The SMILES string of the molecule is c1n[nH]nc1COCCCCCCCCCCOc1cc2c3cc(OCCCCCCCCCCOCc4cn[nH]n4)c(OCCCCCCCCCCOCc4cn[nH]n4)cc3c3cc(OCCCCCCCCCCOCc4cn[nH]n4)c(OCCCCCCCCCCOCc4cn[nH]n4)cc3c2cc1OCCCCCCCCCCOCc1cn[nH]n1. The number of fused-ring (bicyclic) bond motifs is 6. The zero-order chi connectivity index (χ0) is 86.8. The lowest BCUT2D eigenvalue weighted by atomic mass is 9.93. The summed E-state index contributed by atoms with van der Waals surface area (Å²) in [6.07, 6.45) is 64.3. The van der Waals surface area contributed by atoms with Gasteiger partial charge in [-0.2, -0.15) is 92.5 Å². The smallest absolute Gasteiger partial charge is 0.161 e. The first-order chi connectivity index (χ1) is 62.7. The number of hydrogen-bond acceptors (Lipinski definition) is 24. The fourth-order valence-corrected chi connectivity index (χ4v) is 15.8. The van der Waals surface area contributed by atoms with Crippen LogP contribution < -0.4 is 28.4 Å². The van der Waals surface area contributed by atoms with Crippen molar-refractivity contribution in [1.29, 1.82) is 0 Å². The molecule has 0 fully saturated rings. The van der Waals surface area contributed by atoms with Crippen LogP contribution in [0.15, 0.2) is 73.6 Å². The Morgan fingerprint density at radius 3 is 0.389 bits per heavy atom. The maximum Gasteiger partial charge on any atom is 0.161 e. The van der Waals surface area contributed by atoms with Crippen molar-refractivity contribution in [2.45, 2.75) is 348 Å². The van der Waals surface area contributed by atoms with Gasteiger partial charge in [-0.25, -0.2) is 0 Å². The minimum atomic E-state index is 0.495. The molecule has 696 valence electrons. The molecule has 0 unspecified atom stereocenters. The lowest BCUT2D eigenvalue weighted by molar-refractivity contribution is 0.114. The predicted molar refractivity (Wildman–Crippen MR) is 490 cm³/mol. The normalized spacial score (nSPS) is 11.7. The second-order valence-corrected chi connectivity index (χ2v) is 33.7. The summed E-state index contributed by atoms with van der Waals surface area (Å²) in [4.78, 5) is 0. The first-order valence-corrected chi connectivity index (χ1v) is 48.6. The van der Waals surface area contributed by atoms with E-state index in [1.807, 2.05) is 0 Å². The Kier molecular flexibility index (Phi) is 51.6. The van der Waals surface area contributed by atoms with E-state index < -0.39 is 0 Å². The number of H-pyrrole nitrogens is 6. The fourth-order valence-electron chi connectivity index (χ4n) is 15.8. The summed E-state index contributed by atoms with van der Waals surface area (Å²) in [5.74, 6) is 4.59. The number of aromatic amines is 6. The third-order valence-electron chi connectivity index (χ3n) is 23.1. The van der Waals surface area contributed by atoms with Crippen LogP contribution in [0.2, 0.25) is 0 Å². The van der Waals surface area contributed by atoms with Crippen LogP contribution in [-0.2, 0) is 68.1 Å². The van der Waals surface area contributed by atoms with Gasteiger partial charge >= 0.3 is 0 Å². The van der Waals surface area contributed by atoms with Crippen molar-refractivity contribution in [2.75, 3.05) is 79.3 Å². The van der Waals surface area contributed by atoms with E-state index in [0.29, 0.717) is 79.3 Å². The molecule has 10 rings (SSSR count). The number of aromatic nitrogens is 18. The van der Waals surface area contributed by atoms with Gasteiger partial charge in [-0.3, -0.25) is 0 Å². The number of benzene rings is 4. The van der Waals surface area contributed by atoms with Gasteiger partial charge in [-0.05, 0) is 146 Å². The Balaban J connectivity index is 0.859. The molecule has 126 heavy (non-hydrogen) atoms. The predicted octanol–water partition coefficient (Wildman–Crippen LogP) is 22.2. The third-order valence-corrected chi connectivity index (χ3v) is 23.1. The van der Waals surface area contributed by atoms with Crippen LogP contribution in [0.4, 0.5) is 0 Å². The average Bonchev–Trinajstić information content (AvgIpc) is 0.941. The molecule has 0 saturated carbocycles. The maximum atomic E-state index is 7.04. The van der Waals surface area contributed by atoms with E-state index in [4.69, 9.17) is 56.8 Å². The van der Waals surface area contributed by atoms with Gasteiger partial charge in [0.05, 0.1) is 116 Å². The van der Waals surface area contributed by atoms with E-state index in [9.17, 15) is 0 Å². The van der Waals surface area contributed by atoms with Crippen LogP contribution in [0.25, 0.3) is 32.3 Å². The zero-order valence-electron chi connectivity index (χ0n) is 75.9. The van der Waals surface area contributed by atoms with Crippen molar-refractivity contribution in [3.8, 4) is 34.5 Å². The van der Waals surface area contributed by atoms with Crippen molar-refractivity contribution < 1.29 is 56.8 Å². The highest BCUT2D eigenvalue weighted by atomic mass is 16.5. The Hall–Kier alpha value is -8.94. The van der Waals surface area contributed by atoms with Crippen LogP contribution >= 0.6 is 0 Å². The highest BCUT2D eigenvalue weighted by molar-refractivity contribution is 6.27.